The van der Waals surface area contributed by atoms with Crippen molar-refractivity contribution in [1.29, 1.82) is 0 Å². The van der Waals surface area contributed by atoms with Crippen molar-refractivity contribution in [2.24, 2.45) is 30.5 Å². The Balaban J connectivity index is 1.82. The van der Waals surface area contributed by atoms with E-state index in [0.717, 1.165) is 24.1 Å². The molecule has 1 fully saturated rings. The third-order valence-electron chi connectivity index (χ3n) is 4.33. The number of hydrogen-bond acceptors (Lipinski definition) is 4. The Morgan fingerprint density at radius 3 is 2.33 bits per heavy atom. The first kappa shape index (κ1) is 13.5. The Morgan fingerprint density at radius 1 is 1.22 bits per heavy atom. The zero-order chi connectivity index (χ0) is 13.1. The Hall–Kier alpha value is -0.970. The summed E-state index contributed by atoms with van der Waals surface area (Å²) in [6.45, 7) is 4.66. The van der Waals surface area contributed by atoms with Gasteiger partial charge in [-0.2, -0.15) is 4.80 Å². The van der Waals surface area contributed by atoms with Crippen LogP contribution in [0.3, 0.4) is 0 Å². The van der Waals surface area contributed by atoms with Gasteiger partial charge in [-0.05, 0) is 48.7 Å². The molecule has 0 aromatic carbocycles. The number of tetrazole rings is 1. The topological polar surface area (TPSA) is 69.6 Å². The van der Waals surface area contributed by atoms with E-state index < -0.39 is 0 Å². The van der Waals surface area contributed by atoms with Crippen LogP contribution in [0.5, 0.6) is 0 Å². The Labute approximate surface area is 109 Å². The molecule has 1 aromatic rings. The van der Waals surface area contributed by atoms with Gasteiger partial charge in [0, 0.05) is 12.5 Å². The van der Waals surface area contributed by atoms with Gasteiger partial charge in [0.1, 0.15) is 0 Å². The summed E-state index contributed by atoms with van der Waals surface area (Å²) < 4.78 is 0. The van der Waals surface area contributed by atoms with E-state index in [1.54, 1.807) is 7.05 Å². The lowest BCUT2D eigenvalue weighted by molar-refractivity contribution is 0.202. The Kier molecular flexibility index (Phi) is 4.32. The molecule has 0 bridgehead atoms. The minimum Gasteiger partial charge on any atom is -0.327 e. The molecule has 2 rings (SSSR count). The van der Waals surface area contributed by atoms with E-state index >= 15 is 0 Å². The smallest absolute Gasteiger partial charge is 0.176 e. The van der Waals surface area contributed by atoms with E-state index in [0.29, 0.717) is 5.92 Å². The average molecular weight is 251 g/mol. The van der Waals surface area contributed by atoms with Gasteiger partial charge in [0.2, 0.25) is 0 Å². The molecule has 1 atom stereocenters. The zero-order valence-electron chi connectivity index (χ0n) is 11.7. The lowest BCUT2D eigenvalue weighted by atomic mass is 9.74. The summed E-state index contributed by atoms with van der Waals surface area (Å²) in [5.41, 5.74) is 6.29. The van der Waals surface area contributed by atoms with E-state index in [2.05, 4.69) is 29.3 Å². The van der Waals surface area contributed by atoms with Crippen molar-refractivity contribution in [1.82, 2.24) is 20.2 Å². The molecular weight excluding hydrogens is 226 g/mol. The van der Waals surface area contributed by atoms with Crippen LogP contribution in [0, 0.1) is 17.8 Å². The fraction of sp³-hybridized carbons (Fsp3) is 0.923. The van der Waals surface area contributed by atoms with Crippen LogP contribution < -0.4 is 5.73 Å². The van der Waals surface area contributed by atoms with Crippen molar-refractivity contribution in [3.8, 4) is 0 Å². The van der Waals surface area contributed by atoms with E-state index in [1.807, 2.05) is 0 Å². The van der Waals surface area contributed by atoms with Crippen LogP contribution in [0.2, 0.25) is 0 Å². The molecular formula is C13H25N5. The Morgan fingerprint density at radius 2 is 1.83 bits per heavy atom. The standard InChI is InChI=1S/C13H25N5/c1-9(2)10-4-6-11(7-5-10)12(14)8-13-15-17-18(3)16-13/h9-12H,4-8,14H2,1-3H3. The molecule has 1 heterocycles. The second-order valence-electron chi connectivity index (χ2n) is 5.98. The van der Waals surface area contributed by atoms with Crippen molar-refractivity contribution >= 4 is 0 Å². The molecule has 1 aromatic heterocycles. The third-order valence-corrected chi connectivity index (χ3v) is 4.33. The number of rotatable bonds is 4. The molecule has 1 aliphatic carbocycles. The highest BCUT2D eigenvalue weighted by molar-refractivity contribution is 4.88. The molecule has 1 saturated carbocycles. The summed E-state index contributed by atoms with van der Waals surface area (Å²) in [7, 11) is 1.79. The predicted molar refractivity (Wildman–Crippen MR) is 70.8 cm³/mol. The van der Waals surface area contributed by atoms with Gasteiger partial charge in [-0.15, -0.1) is 10.2 Å². The maximum Gasteiger partial charge on any atom is 0.176 e. The van der Waals surface area contributed by atoms with Gasteiger partial charge in [0.25, 0.3) is 0 Å². The molecule has 0 spiro atoms. The van der Waals surface area contributed by atoms with Gasteiger partial charge in [0.05, 0.1) is 7.05 Å². The highest BCUT2D eigenvalue weighted by Gasteiger charge is 2.27. The van der Waals surface area contributed by atoms with Gasteiger partial charge >= 0.3 is 0 Å². The van der Waals surface area contributed by atoms with E-state index in [-0.39, 0.29) is 6.04 Å². The number of hydrogen-bond donors (Lipinski definition) is 1. The first-order valence-electron chi connectivity index (χ1n) is 7.04. The summed E-state index contributed by atoms with van der Waals surface area (Å²) in [4.78, 5) is 1.50. The second kappa shape index (κ2) is 5.78. The molecule has 1 unspecified atom stereocenters. The number of nitrogens with two attached hydrogens (primary N) is 1. The monoisotopic (exact) mass is 251 g/mol. The zero-order valence-corrected chi connectivity index (χ0v) is 11.7. The fourth-order valence-corrected chi connectivity index (χ4v) is 3.02. The normalized spacial score (nSPS) is 26.5. The van der Waals surface area contributed by atoms with Gasteiger partial charge in [-0.25, -0.2) is 0 Å². The highest BCUT2D eigenvalue weighted by Crippen LogP contribution is 2.34. The van der Waals surface area contributed by atoms with Gasteiger partial charge in [-0.1, -0.05) is 13.8 Å². The molecule has 1 aliphatic rings. The molecule has 18 heavy (non-hydrogen) atoms. The van der Waals surface area contributed by atoms with Crippen LogP contribution in [0.25, 0.3) is 0 Å². The van der Waals surface area contributed by atoms with E-state index in [9.17, 15) is 0 Å². The van der Waals surface area contributed by atoms with Crippen molar-refractivity contribution in [3.05, 3.63) is 5.82 Å². The van der Waals surface area contributed by atoms with Crippen LogP contribution in [-0.2, 0) is 13.5 Å². The third kappa shape index (κ3) is 3.28. The molecule has 5 nitrogen and oxygen atoms in total. The van der Waals surface area contributed by atoms with Gasteiger partial charge in [-0.3, -0.25) is 0 Å². The molecule has 102 valence electrons. The van der Waals surface area contributed by atoms with Crippen molar-refractivity contribution in [3.63, 3.8) is 0 Å². The molecule has 0 radical (unpaired) electrons. The van der Waals surface area contributed by atoms with Crippen molar-refractivity contribution in [2.75, 3.05) is 0 Å². The lowest BCUT2D eigenvalue weighted by Gasteiger charge is -2.33. The van der Waals surface area contributed by atoms with E-state index in [4.69, 9.17) is 5.73 Å². The first-order valence-corrected chi connectivity index (χ1v) is 7.04. The van der Waals surface area contributed by atoms with Gasteiger partial charge < -0.3 is 5.73 Å². The molecule has 0 aliphatic heterocycles. The minimum atomic E-state index is 0.183. The number of nitrogens with zero attached hydrogens (tertiary/aromatic N) is 4. The van der Waals surface area contributed by atoms with Crippen molar-refractivity contribution in [2.45, 2.75) is 52.0 Å². The molecule has 0 amide bonds. The molecule has 5 heteroatoms. The van der Waals surface area contributed by atoms with Crippen LogP contribution in [-0.4, -0.2) is 26.2 Å². The minimum absolute atomic E-state index is 0.183. The van der Waals surface area contributed by atoms with Gasteiger partial charge in [0.15, 0.2) is 5.82 Å². The second-order valence-corrected chi connectivity index (χ2v) is 5.98. The number of aromatic nitrogens is 4. The summed E-state index contributed by atoms with van der Waals surface area (Å²) in [5, 5.41) is 12.1. The van der Waals surface area contributed by atoms with Crippen LogP contribution in [0.4, 0.5) is 0 Å². The maximum absolute atomic E-state index is 6.29. The summed E-state index contributed by atoms with van der Waals surface area (Å²) in [6, 6.07) is 0.183. The van der Waals surface area contributed by atoms with E-state index in [1.165, 1.54) is 30.5 Å². The van der Waals surface area contributed by atoms with Crippen molar-refractivity contribution < 1.29 is 0 Å². The number of aryl methyl sites for hydroxylation is 1. The highest BCUT2D eigenvalue weighted by atomic mass is 15.6. The maximum atomic E-state index is 6.29. The molecule has 2 N–H and O–H groups in total. The average Bonchev–Trinajstić information content (AvgIpc) is 2.75. The quantitative estimate of drug-likeness (QED) is 0.881. The Bertz CT molecular complexity index is 365. The first-order chi connectivity index (χ1) is 8.56. The SMILES string of the molecule is CC(C)C1CCC(C(N)Cc2nnn(C)n2)CC1. The fourth-order valence-electron chi connectivity index (χ4n) is 3.02. The van der Waals surface area contributed by atoms with Crippen LogP contribution >= 0.6 is 0 Å². The summed E-state index contributed by atoms with van der Waals surface area (Å²) >= 11 is 0. The summed E-state index contributed by atoms with van der Waals surface area (Å²) in [6.07, 6.45) is 5.91. The van der Waals surface area contributed by atoms with Crippen LogP contribution in [0.15, 0.2) is 0 Å². The predicted octanol–water partition coefficient (Wildman–Crippen LogP) is 1.54. The largest absolute Gasteiger partial charge is 0.327 e. The molecule has 0 saturated heterocycles. The lowest BCUT2D eigenvalue weighted by Crippen LogP contribution is -2.35. The van der Waals surface area contributed by atoms with Crippen LogP contribution in [0.1, 0.15) is 45.4 Å². The summed E-state index contributed by atoms with van der Waals surface area (Å²) in [5.74, 6) is 3.10.